The third kappa shape index (κ3) is 4.47. The quantitative estimate of drug-likeness (QED) is 0.358. The van der Waals surface area contributed by atoms with E-state index in [2.05, 4.69) is 15.1 Å². The van der Waals surface area contributed by atoms with Crippen LogP contribution in [0.15, 0.2) is 47.9 Å². The highest BCUT2D eigenvalue weighted by molar-refractivity contribution is 7.90. The van der Waals surface area contributed by atoms with Crippen LogP contribution in [0.2, 0.25) is 0 Å². The van der Waals surface area contributed by atoms with E-state index in [9.17, 15) is 17.6 Å². The number of benzene rings is 1. The zero-order valence-corrected chi connectivity index (χ0v) is 18.3. The summed E-state index contributed by atoms with van der Waals surface area (Å²) in [5, 5.41) is 3.83. The SMILES string of the molecule is CS(=O)(=O)CCCn1c(CN2C(=O)/C(=N/OCCF)c3ccncc32)nc2ccccc21. The van der Waals surface area contributed by atoms with Crippen LogP contribution in [-0.2, 0) is 32.6 Å². The van der Waals surface area contributed by atoms with Crippen LogP contribution in [0.5, 0.6) is 0 Å². The Bertz CT molecular complexity index is 1290. The monoisotopic (exact) mass is 459 g/mol. The average Bonchev–Trinajstić information content (AvgIpc) is 3.24. The van der Waals surface area contributed by atoms with Gasteiger partial charge in [0.05, 0.1) is 35.2 Å². The van der Waals surface area contributed by atoms with Gasteiger partial charge >= 0.3 is 0 Å². The van der Waals surface area contributed by atoms with Crippen LogP contribution < -0.4 is 4.90 Å². The van der Waals surface area contributed by atoms with Gasteiger partial charge in [0.15, 0.2) is 5.71 Å². The first-order valence-corrected chi connectivity index (χ1v) is 12.1. The molecule has 1 aliphatic heterocycles. The van der Waals surface area contributed by atoms with Crippen LogP contribution in [0.1, 0.15) is 17.8 Å². The molecule has 0 unspecified atom stereocenters. The highest BCUT2D eigenvalue weighted by Gasteiger charge is 2.36. The summed E-state index contributed by atoms with van der Waals surface area (Å²) in [6.07, 6.45) is 4.73. The summed E-state index contributed by atoms with van der Waals surface area (Å²) in [6.45, 7) is -0.388. The number of hydrogen-bond donors (Lipinski definition) is 0. The van der Waals surface area contributed by atoms with Gasteiger partial charge in [-0.1, -0.05) is 17.3 Å². The fraction of sp³-hybridized carbons (Fsp3) is 0.333. The minimum absolute atomic E-state index is 0.0526. The molecule has 0 N–H and O–H groups in total. The number of anilines is 1. The summed E-state index contributed by atoms with van der Waals surface area (Å²) in [6, 6.07) is 9.18. The molecule has 3 heterocycles. The van der Waals surface area contributed by atoms with E-state index in [1.54, 1.807) is 18.5 Å². The molecule has 1 aromatic carbocycles. The number of carbonyl (C=O) groups is 1. The van der Waals surface area contributed by atoms with Crippen molar-refractivity contribution in [1.82, 2.24) is 14.5 Å². The Morgan fingerprint density at radius 1 is 1.22 bits per heavy atom. The molecule has 0 radical (unpaired) electrons. The van der Waals surface area contributed by atoms with Gasteiger partial charge in [-0.05, 0) is 24.6 Å². The number of hydrogen-bond acceptors (Lipinski definition) is 7. The maximum Gasteiger partial charge on any atom is 0.281 e. The molecule has 32 heavy (non-hydrogen) atoms. The second kappa shape index (κ2) is 9.03. The van der Waals surface area contributed by atoms with E-state index in [1.807, 2.05) is 28.8 Å². The molecule has 1 aliphatic rings. The van der Waals surface area contributed by atoms with Crippen LogP contribution in [0.4, 0.5) is 10.1 Å². The summed E-state index contributed by atoms with van der Waals surface area (Å²) in [4.78, 5) is 28.3. The lowest BCUT2D eigenvalue weighted by molar-refractivity contribution is -0.112. The number of aromatic nitrogens is 3. The summed E-state index contributed by atoms with van der Waals surface area (Å²) >= 11 is 0. The number of halogens is 1. The molecule has 11 heteroatoms. The molecule has 0 bridgehead atoms. The maximum atomic E-state index is 13.1. The van der Waals surface area contributed by atoms with E-state index >= 15 is 0 Å². The van der Waals surface area contributed by atoms with Gasteiger partial charge in [-0.2, -0.15) is 0 Å². The van der Waals surface area contributed by atoms with Gasteiger partial charge in [0.25, 0.3) is 5.91 Å². The zero-order valence-electron chi connectivity index (χ0n) is 17.4. The fourth-order valence-corrected chi connectivity index (χ4v) is 4.32. The number of aryl methyl sites for hydroxylation is 1. The normalized spacial score (nSPS) is 15.0. The van der Waals surface area contributed by atoms with Crippen LogP contribution in [0.25, 0.3) is 11.0 Å². The minimum atomic E-state index is -3.10. The smallest absolute Gasteiger partial charge is 0.281 e. The molecule has 0 aliphatic carbocycles. The van der Waals surface area contributed by atoms with Crippen molar-refractivity contribution >= 4 is 38.2 Å². The predicted octanol–water partition coefficient (Wildman–Crippen LogP) is 2.10. The van der Waals surface area contributed by atoms with Crippen molar-refractivity contribution in [2.45, 2.75) is 19.5 Å². The Balaban J connectivity index is 1.68. The largest absolute Gasteiger partial charge is 0.392 e. The molecular weight excluding hydrogens is 437 g/mol. The number of pyridine rings is 1. The minimum Gasteiger partial charge on any atom is -0.392 e. The van der Waals surface area contributed by atoms with Crippen molar-refractivity contribution < 1.29 is 22.4 Å². The van der Waals surface area contributed by atoms with Crippen molar-refractivity contribution in [1.29, 1.82) is 0 Å². The van der Waals surface area contributed by atoms with E-state index < -0.39 is 22.4 Å². The lowest BCUT2D eigenvalue weighted by atomic mass is 10.2. The number of carbonyl (C=O) groups excluding carboxylic acids is 1. The van der Waals surface area contributed by atoms with Crippen LogP contribution in [0, 0.1) is 0 Å². The average molecular weight is 460 g/mol. The molecule has 0 saturated carbocycles. The van der Waals surface area contributed by atoms with Crippen molar-refractivity contribution in [3.8, 4) is 0 Å². The van der Waals surface area contributed by atoms with E-state index in [0.29, 0.717) is 30.0 Å². The zero-order chi connectivity index (χ0) is 22.7. The number of amides is 1. The van der Waals surface area contributed by atoms with Gasteiger partial charge in [-0.25, -0.2) is 17.8 Å². The summed E-state index contributed by atoms with van der Waals surface area (Å²) in [5.74, 6) is 0.257. The molecule has 0 atom stereocenters. The van der Waals surface area contributed by atoms with Crippen LogP contribution in [-0.4, -0.2) is 59.9 Å². The highest BCUT2D eigenvalue weighted by Crippen LogP contribution is 2.30. The maximum absolute atomic E-state index is 13.1. The second-order valence-electron chi connectivity index (χ2n) is 7.40. The molecule has 4 rings (SSSR count). The Morgan fingerprint density at radius 2 is 2.03 bits per heavy atom. The topological polar surface area (TPSA) is 107 Å². The highest BCUT2D eigenvalue weighted by atomic mass is 32.2. The van der Waals surface area contributed by atoms with Gasteiger partial charge in [0, 0.05) is 24.6 Å². The van der Waals surface area contributed by atoms with Gasteiger partial charge in [0.2, 0.25) is 0 Å². The van der Waals surface area contributed by atoms with Gasteiger partial charge < -0.3 is 9.40 Å². The molecule has 168 valence electrons. The number of nitrogens with zero attached hydrogens (tertiary/aromatic N) is 5. The Labute approximate surface area is 184 Å². The van der Waals surface area contributed by atoms with Gasteiger partial charge in [-0.3, -0.25) is 14.7 Å². The van der Waals surface area contributed by atoms with E-state index in [0.717, 1.165) is 11.0 Å². The van der Waals surface area contributed by atoms with Crippen molar-refractivity contribution in [2.24, 2.45) is 5.16 Å². The summed E-state index contributed by atoms with van der Waals surface area (Å²) in [7, 11) is -3.10. The first-order chi connectivity index (χ1) is 15.4. The standard InChI is InChI=1S/C21H22FN5O4S/c1-32(29,30)12-4-10-26-17-6-3-2-5-16(17)24-19(26)14-27-18-13-23-9-7-15(18)20(21(27)28)25-31-11-8-22/h2-3,5-7,9,13H,4,8,10-12,14H2,1H3/b25-20+. The molecule has 0 saturated heterocycles. The molecular formula is C21H22FN5O4S. The molecule has 3 aromatic rings. The van der Waals surface area contributed by atoms with Crippen LogP contribution >= 0.6 is 0 Å². The first-order valence-electron chi connectivity index (χ1n) is 10.0. The van der Waals surface area contributed by atoms with E-state index in [1.165, 1.54) is 11.2 Å². The predicted molar refractivity (Wildman–Crippen MR) is 118 cm³/mol. The van der Waals surface area contributed by atoms with Crippen molar-refractivity contribution in [2.75, 3.05) is 30.2 Å². The first kappa shape index (κ1) is 21.9. The Kier molecular flexibility index (Phi) is 6.17. The Hall–Kier alpha value is -3.34. The number of oxime groups is 1. The Morgan fingerprint density at radius 3 is 2.81 bits per heavy atom. The number of para-hydroxylation sites is 2. The number of imidazole rings is 1. The second-order valence-corrected chi connectivity index (χ2v) is 9.66. The van der Waals surface area contributed by atoms with Gasteiger partial charge in [-0.15, -0.1) is 0 Å². The van der Waals surface area contributed by atoms with E-state index in [-0.39, 0.29) is 24.6 Å². The number of rotatable bonds is 9. The fourth-order valence-electron chi connectivity index (χ4n) is 3.67. The number of fused-ring (bicyclic) bond motifs is 2. The number of sulfone groups is 1. The van der Waals surface area contributed by atoms with Crippen molar-refractivity contribution in [3.05, 3.63) is 54.1 Å². The number of alkyl halides is 1. The van der Waals surface area contributed by atoms with Crippen molar-refractivity contribution in [3.63, 3.8) is 0 Å². The van der Waals surface area contributed by atoms with Crippen LogP contribution in [0.3, 0.4) is 0 Å². The summed E-state index contributed by atoms with van der Waals surface area (Å²) < 4.78 is 37.5. The lowest BCUT2D eigenvalue weighted by Gasteiger charge is -2.17. The molecule has 0 fully saturated rings. The third-order valence-corrected chi connectivity index (χ3v) is 6.08. The third-order valence-electron chi connectivity index (χ3n) is 5.05. The lowest BCUT2D eigenvalue weighted by Crippen LogP contribution is -2.31. The van der Waals surface area contributed by atoms with Gasteiger partial charge in [0.1, 0.15) is 28.9 Å². The molecule has 2 aromatic heterocycles. The van der Waals surface area contributed by atoms with E-state index in [4.69, 9.17) is 4.84 Å². The molecule has 0 spiro atoms. The molecule has 9 nitrogen and oxygen atoms in total. The summed E-state index contributed by atoms with van der Waals surface area (Å²) in [5.41, 5.74) is 2.78. The molecule has 1 amide bonds.